The number of fused-ring (bicyclic) bond motifs is 5. The third-order valence-corrected chi connectivity index (χ3v) is 3.78. The van der Waals surface area contributed by atoms with E-state index in [1.165, 1.54) is 4.40 Å². The van der Waals surface area contributed by atoms with Gasteiger partial charge < -0.3 is 8.97 Å². The molecule has 0 spiro atoms. The highest BCUT2D eigenvalue weighted by molar-refractivity contribution is 6.12. The first-order valence-electron chi connectivity index (χ1n) is 6.39. The first-order chi connectivity index (χ1) is 9.97. The van der Waals surface area contributed by atoms with Crippen LogP contribution in [0.5, 0.6) is 0 Å². The standard InChI is InChI=1S/C15H10F3N3/c1-20-11-5-3-2-4-9(11)10-6-7-21-8-12(15(16,17)18)19-14(21)13(10)20/h2-8H,1H3. The zero-order valence-electron chi connectivity index (χ0n) is 11.0. The quantitative estimate of drug-likeness (QED) is 0.479. The van der Waals surface area contributed by atoms with Crippen LogP contribution >= 0.6 is 0 Å². The van der Waals surface area contributed by atoms with Gasteiger partial charge in [-0.25, -0.2) is 4.98 Å². The summed E-state index contributed by atoms with van der Waals surface area (Å²) in [7, 11) is 1.84. The topological polar surface area (TPSA) is 22.2 Å². The van der Waals surface area contributed by atoms with Gasteiger partial charge in [0.15, 0.2) is 11.3 Å². The molecule has 0 fully saturated rings. The second-order valence-corrected chi connectivity index (χ2v) is 5.01. The Labute approximate surface area is 117 Å². The van der Waals surface area contributed by atoms with Crippen molar-refractivity contribution in [3.8, 4) is 0 Å². The molecule has 3 heterocycles. The minimum atomic E-state index is -4.44. The van der Waals surface area contributed by atoms with Gasteiger partial charge in [0, 0.05) is 35.7 Å². The van der Waals surface area contributed by atoms with Crippen molar-refractivity contribution < 1.29 is 13.2 Å². The number of benzene rings is 1. The van der Waals surface area contributed by atoms with Crippen molar-refractivity contribution in [2.45, 2.75) is 6.18 Å². The monoisotopic (exact) mass is 289 g/mol. The number of rotatable bonds is 0. The number of aryl methyl sites for hydroxylation is 1. The van der Waals surface area contributed by atoms with Crippen molar-refractivity contribution >= 4 is 27.5 Å². The molecule has 4 rings (SSSR count). The van der Waals surface area contributed by atoms with Gasteiger partial charge in [-0.1, -0.05) is 18.2 Å². The van der Waals surface area contributed by atoms with E-state index < -0.39 is 11.9 Å². The second-order valence-electron chi connectivity index (χ2n) is 5.01. The van der Waals surface area contributed by atoms with Crippen LogP contribution in [0, 0.1) is 0 Å². The molecule has 0 saturated carbocycles. The number of hydrogen-bond donors (Lipinski definition) is 0. The Kier molecular flexibility index (Phi) is 2.21. The second kappa shape index (κ2) is 3.78. The molecule has 0 radical (unpaired) electrons. The molecule has 0 aliphatic carbocycles. The fourth-order valence-corrected chi connectivity index (χ4v) is 2.84. The summed E-state index contributed by atoms with van der Waals surface area (Å²) in [6.07, 6.45) is -1.80. The number of pyridine rings is 1. The molecular weight excluding hydrogens is 279 g/mol. The number of imidazole rings is 1. The Morgan fingerprint density at radius 2 is 1.81 bits per heavy atom. The van der Waals surface area contributed by atoms with Crippen molar-refractivity contribution in [3.05, 3.63) is 48.4 Å². The highest BCUT2D eigenvalue weighted by Crippen LogP contribution is 2.33. The molecule has 3 aromatic heterocycles. The maximum absolute atomic E-state index is 12.8. The lowest BCUT2D eigenvalue weighted by Gasteiger charge is -1.99. The van der Waals surface area contributed by atoms with Crippen LogP contribution in [0.4, 0.5) is 13.2 Å². The van der Waals surface area contributed by atoms with Gasteiger partial charge in [0.1, 0.15) is 0 Å². The maximum atomic E-state index is 12.8. The van der Waals surface area contributed by atoms with Gasteiger partial charge in [0.05, 0.1) is 5.52 Å². The number of halogens is 3. The minimum absolute atomic E-state index is 0.318. The summed E-state index contributed by atoms with van der Waals surface area (Å²) < 4.78 is 41.8. The summed E-state index contributed by atoms with van der Waals surface area (Å²) in [5.41, 5.74) is 1.12. The van der Waals surface area contributed by atoms with Crippen LogP contribution in [0.15, 0.2) is 42.7 Å². The first-order valence-corrected chi connectivity index (χ1v) is 6.39. The van der Waals surface area contributed by atoms with E-state index in [2.05, 4.69) is 4.98 Å². The third kappa shape index (κ3) is 1.59. The molecule has 0 saturated heterocycles. The molecule has 0 unspecified atom stereocenters. The molecule has 3 nitrogen and oxygen atoms in total. The average molecular weight is 289 g/mol. The van der Waals surface area contributed by atoms with E-state index in [1.54, 1.807) is 6.20 Å². The van der Waals surface area contributed by atoms with Crippen molar-refractivity contribution in [3.63, 3.8) is 0 Å². The summed E-state index contributed by atoms with van der Waals surface area (Å²) >= 11 is 0. The lowest BCUT2D eigenvalue weighted by atomic mass is 10.2. The van der Waals surface area contributed by atoms with Crippen molar-refractivity contribution in [1.29, 1.82) is 0 Å². The predicted octanol–water partition coefficient (Wildman–Crippen LogP) is 4.00. The average Bonchev–Trinajstić information content (AvgIpc) is 2.99. The molecule has 0 amide bonds. The van der Waals surface area contributed by atoms with E-state index in [0.29, 0.717) is 11.2 Å². The number of para-hydroxylation sites is 1. The molecule has 1 aromatic carbocycles. The zero-order valence-corrected chi connectivity index (χ0v) is 11.0. The normalized spacial score (nSPS) is 12.8. The maximum Gasteiger partial charge on any atom is 0.434 e. The lowest BCUT2D eigenvalue weighted by molar-refractivity contribution is -0.140. The lowest BCUT2D eigenvalue weighted by Crippen LogP contribution is -2.04. The molecular formula is C15H10F3N3. The largest absolute Gasteiger partial charge is 0.434 e. The van der Waals surface area contributed by atoms with Gasteiger partial charge in [0.25, 0.3) is 0 Å². The first kappa shape index (κ1) is 12.3. The van der Waals surface area contributed by atoms with E-state index in [-0.39, 0.29) is 0 Å². The van der Waals surface area contributed by atoms with E-state index in [1.807, 2.05) is 41.9 Å². The van der Waals surface area contributed by atoms with Crippen LogP contribution in [0.1, 0.15) is 5.69 Å². The molecule has 0 aliphatic rings. The molecule has 21 heavy (non-hydrogen) atoms. The van der Waals surface area contributed by atoms with Gasteiger partial charge in [0.2, 0.25) is 0 Å². The Hall–Kier alpha value is -2.50. The van der Waals surface area contributed by atoms with Gasteiger partial charge in [-0.3, -0.25) is 0 Å². The van der Waals surface area contributed by atoms with Gasteiger partial charge in [-0.15, -0.1) is 0 Å². The zero-order chi connectivity index (χ0) is 14.8. The number of alkyl halides is 3. The van der Waals surface area contributed by atoms with Crippen LogP contribution in [-0.2, 0) is 13.2 Å². The molecule has 6 heteroatoms. The smallest absolute Gasteiger partial charge is 0.341 e. The number of nitrogens with zero attached hydrogens (tertiary/aromatic N) is 3. The highest BCUT2D eigenvalue weighted by atomic mass is 19.4. The summed E-state index contributed by atoms with van der Waals surface area (Å²) in [5, 5.41) is 1.91. The van der Waals surface area contributed by atoms with Crippen LogP contribution in [0.3, 0.4) is 0 Å². The Morgan fingerprint density at radius 3 is 2.57 bits per heavy atom. The third-order valence-electron chi connectivity index (χ3n) is 3.78. The van der Waals surface area contributed by atoms with E-state index in [4.69, 9.17) is 0 Å². The number of aromatic nitrogens is 3. The Bertz CT molecular complexity index is 992. The highest BCUT2D eigenvalue weighted by Gasteiger charge is 2.34. The molecule has 0 atom stereocenters. The van der Waals surface area contributed by atoms with Crippen LogP contribution in [-0.4, -0.2) is 14.0 Å². The fraction of sp³-hybridized carbons (Fsp3) is 0.133. The van der Waals surface area contributed by atoms with Gasteiger partial charge >= 0.3 is 6.18 Å². The summed E-state index contributed by atoms with van der Waals surface area (Å²) in [6.45, 7) is 0. The van der Waals surface area contributed by atoms with Crippen molar-refractivity contribution in [2.75, 3.05) is 0 Å². The van der Waals surface area contributed by atoms with Crippen molar-refractivity contribution in [2.24, 2.45) is 7.05 Å². The predicted molar refractivity (Wildman–Crippen MR) is 74.2 cm³/mol. The number of hydrogen-bond acceptors (Lipinski definition) is 1. The van der Waals surface area contributed by atoms with Gasteiger partial charge in [-0.2, -0.15) is 13.2 Å². The van der Waals surface area contributed by atoms with Crippen molar-refractivity contribution in [1.82, 2.24) is 14.0 Å². The van der Waals surface area contributed by atoms with E-state index in [0.717, 1.165) is 22.5 Å². The SMILES string of the molecule is Cn1c2ccccc2c2ccn3cc(C(F)(F)F)nc3c21. The molecule has 0 N–H and O–H groups in total. The molecule has 4 aromatic rings. The van der Waals surface area contributed by atoms with Crippen LogP contribution in [0.2, 0.25) is 0 Å². The summed E-state index contributed by atoms with van der Waals surface area (Å²) in [4.78, 5) is 3.79. The molecule has 106 valence electrons. The fourth-order valence-electron chi connectivity index (χ4n) is 2.84. The molecule has 0 aliphatic heterocycles. The minimum Gasteiger partial charge on any atom is -0.341 e. The summed E-state index contributed by atoms with van der Waals surface area (Å²) in [5.74, 6) is 0. The summed E-state index contributed by atoms with van der Waals surface area (Å²) in [6, 6.07) is 9.55. The Balaban J connectivity index is 2.21. The van der Waals surface area contributed by atoms with E-state index >= 15 is 0 Å². The van der Waals surface area contributed by atoms with Crippen LogP contribution < -0.4 is 0 Å². The van der Waals surface area contributed by atoms with Gasteiger partial charge in [-0.05, 0) is 12.1 Å². The van der Waals surface area contributed by atoms with E-state index in [9.17, 15) is 13.2 Å². The molecule has 0 bridgehead atoms. The van der Waals surface area contributed by atoms with Crippen LogP contribution in [0.25, 0.3) is 27.5 Å². The Morgan fingerprint density at radius 1 is 1.05 bits per heavy atom.